The Morgan fingerprint density at radius 1 is 0.795 bits per heavy atom. The van der Waals surface area contributed by atoms with Gasteiger partial charge in [-0.3, -0.25) is 9.78 Å². The van der Waals surface area contributed by atoms with Crippen LogP contribution in [0.5, 0.6) is 17.2 Å². The number of aromatic nitrogens is 2. The number of nitrogens with zero attached hydrogens (tertiary/aromatic N) is 2. The number of hydrogen-bond donors (Lipinski definition) is 4. The molecule has 224 valence electrons. The molecule has 5 rings (SSSR count). The third-order valence-corrected chi connectivity index (χ3v) is 7.28. The van der Waals surface area contributed by atoms with Crippen molar-refractivity contribution < 1.29 is 23.8 Å². The fraction of sp³-hybridized carbons (Fsp3) is 0.125. The predicted octanol–water partition coefficient (Wildman–Crippen LogP) is 7.18. The van der Waals surface area contributed by atoms with E-state index in [1.54, 1.807) is 48.8 Å². The first kappa shape index (κ1) is 29.9. The number of carbonyl (C=O) groups is 2. The van der Waals surface area contributed by atoms with Crippen LogP contribution in [0, 0.1) is 6.92 Å². The van der Waals surface area contributed by atoms with Gasteiger partial charge in [-0.2, -0.15) is 0 Å². The Kier molecular flexibility index (Phi) is 9.21. The van der Waals surface area contributed by atoms with E-state index < -0.39 is 6.03 Å². The number of rotatable bonds is 10. The van der Waals surface area contributed by atoms with Gasteiger partial charge in [0.2, 0.25) is 5.75 Å². The van der Waals surface area contributed by atoms with Crippen molar-refractivity contribution in [2.45, 2.75) is 6.92 Å². The predicted molar refractivity (Wildman–Crippen MR) is 173 cm³/mol. The lowest BCUT2D eigenvalue weighted by atomic mass is 10.1. The maximum absolute atomic E-state index is 13.0. The molecule has 0 saturated heterocycles. The summed E-state index contributed by atoms with van der Waals surface area (Å²) in [5, 5.41) is 14.5. The number of nitrogens with one attached hydrogen (secondary N) is 4. The highest BCUT2D eigenvalue weighted by Gasteiger charge is 2.15. The Balaban J connectivity index is 1.20. The van der Waals surface area contributed by atoms with Crippen LogP contribution < -0.4 is 35.5 Å². The monoisotopic (exact) mass is 610 g/mol. The Labute approximate surface area is 258 Å². The molecular formula is C32H30N6O5S. The normalized spacial score (nSPS) is 10.5. The molecule has 44 heavy (non-hydrogen) atoms. The molecule has 0 radical (unpaired) electrons. The lowest BCUT2D eigenvalue weighted by molar-refractivity contribution is 0.102. The fourth-order valence-corrected chi connectivity index (χ4v) is 5.01. The quantitative estimate of drug-likeness (QED) is 0.131. The van der Waals surface area contributed by atoms with Crippen LogP contribution in [0.15, 0.2) is 84.5 Å². The van der Waals surface area contributed by atoms with Gasteiger partial charge in [-0.15, -0.1) is 11.3 Å². The molecule has 0 aliphatic carbocycles. The molecule has 2 heterocycles. The Morgan fingerprint density at radius 2 is 1.50 bits per heavy atom. The van der Waals surface area contributed by atoms with Crippen LogP contribution in [0.25, 0.3) is 11.3 Å². The van der Waals surface area contributed by atoms with E-state index in [9.17, 15) is 9.59 Å². The standard InChI is InChI=1S/C32H30N6O5S/c1-19-7-10-23(14-25(19)37-32-38-26(18-44-32)21-6-5-13-33-17-21)34-30(39)20-8-11-22(12-9-20)35-31(40)36-24-15-27(41-2)29(43-4)28(16-24)42-3/h5-18H,1-4H3,(H,34,39)(H,37,38)(H2,35,36,40). The maximum atomic E-state index is 13.0. The van der Waals surface area contributed by atoms with E-state index in [2.05, 4.69) is 31.2 Å². The van der Waals surface area contributed by atoms with Gasteiger partial charge in [-0.25, -0.2) is 9.78 Å². The molecule has 0 atom stereocenters. The van der Waals surface area contributed by atoms with Crippen LogP contribution in [-0.2, 0) is 0 Å². The van der Waals surface area contributed by atoms with E-state index in [1.165, 1.54) is 32.7 Å². The molecule has 0 aliphatic rings. The van der Waals surface area contributed by atoms with Gasteiger partial charge in [0.05, 0.1) is 32.7 Å². The molecule has 2 aromatic heterocycles. The summed E-state index contributed by atoms with van der Waals surface area (Å²) < 4.78 is 16.0. The largest absolute Gasteiger partial charge is 0.493 e. The first-order chi connectivity index (χ1) is 21.4. The Morgan fingerprint density at radius 3 is 2.16 bits per heavy atom. The minimum absolute atomic E-state index is 0.290. The summed E-state index contributed by atoms with van der Waals surface area (Å²) in [6.45, 7) is 1.98. The number of carbonyl (C=O) groups excluding carboxylic acids is 2. The minimum atomic E-state index is -0.482. The summed E-state index contributed by atoms with van der Waals surface area (Å²) >= 11 is 1.49. The van der Waals surface area contributed by atoms with E-state index >= 15 is 0 Å². The second-order valence-electron chi connectivity index (χ2n) is 9.46. The van der Waals surface area contributed by atoms with Crippen molar-refractivity contribution in [3.8, 4) is 28.5 Å². The van der Waals surface area contributed by atoms with Crippen molar-refractivity contribution in [1.82, 2.24) is 9.97 Å². The van der Waals surface area contributed by atoms with Gasteiger partial charge in [-0.05, 0) is 61.0 Å². The molecule has 3 aromatic carbocycles. The topological polar surface area (TPSA) is 136 Å². The zero-order valence-corrected chi connectivity index (χ0v) is 25.2. The third-order valence-electron chi connectivity index (χ3n) is 6.53. The number of thiazole rings is 1. The first-order valence-corrected chi connectivity index (χ1v) is 14.3. The number of pyridine rings is 1. The van der Waals surface area contributed by atoms with Gasteiger partial charge in [-0.1, -0.05) is 6.07 Å². The number of methoxy groups -OCH3 is 3. The van der Waals surface area contributed by atoms with Crippen molar-refractivity contribution in [3.05, 3.63) is 95.6 Å². The molecule has 11 nitrogen and oxygen atoms in total. The van der Waals surface area contributed by atoms with Gasteiger partial charge >= 0.3 is 6.03 Å². The first-order valence-electron chi connectivity index (χ1n) is 13.4. The zero-order chi connectivity index (χ0) is 31.1. The number of hydrogen-bond acceptors (Lipinski definition) is 9. The second-order valence-corrected chi connectivity index (χ2v) is 10.3. The third kappa shape index (κ3) is 7.05. The number of ether oxygens (including phenoxy) is 3. The lowest BCUT2D eigenvalue weighted by Crippen LogP contribution is -2.19. The van der Waals surface area contributed by atoms with Crippen LogP contribution in [0.4, 0.5) is 32.7 Å². The summed E-state index contributed by atoms with van der Waals surface area (Å²) in [7, 11) is 4.49. The smallest absolute Gasteiger partial charge is 0.323 e. The maximum Gasteiger partial charge on any atom is 0.323 e. The second kappa shape index (κ2) is 13.6. The highest BCUT2D eigenvalue weighted by molar-refractivity contribution is 7.14. The van der Waals surface area contributed by atoms with Crippen LogP contribution in [0.1, 0.15) is 15.9 Å². The van der Waals surface area contributed by atoms with E-state index in [0.29, 0.717) is 39.9 Å². The van der Waals surface area contributed by atoms with Crippen LogP contribution in [0.3, 0.4) is 0 Å². The van der Waals surface area contributed by atoms with E-state index in [-0.39, 0.29) is 5.91 Å². The van der Waals surface area contributed by atoms with Gasteiger partial charge < -0.3 is 35.5 Å². The van der Waals surface area contributed by atoms with Crippen molar-refractivity contribution in [2.24, 2.45) is 0 Å². The molecule has 3 amide bonds. The van der Waals surface area contributed by atoms with Gasteiger partial charge in [0, 0.05) is 58.1 Å². The van der Waals surface area contributed by atoms with E-state index in [4.69, 9.17) is 14.2 Å². The molecule has 0 saturated carbocycles. The summed E-state index contributed by atoms with van der Waals surface area (Å²) in [4.78, 5) is 34.4. The molecule has 0 fully saturated rings. The average molecular weight is 611 g/mol. The number of anilines is 5. The van der Waals surface area contributed by atoms with Crippen molar-refractivity contribution >= 4 is 51.2 Å². The number of amides is 3. The molecule has 12 heteroatoms. The highest BCUT2D eigenvalue weighted by Crippen LogP contribution is 2.40. The molecule has 0 spiro atoms. The molecular weight excluding hydrogens is 580 g/mol. The minimum Gasteiger partial charge on any atom is -0.493 e. The van der Waals surface area contributed by atoms with Crippen LogP contribution in [0.2, 0.25) is 0 Å². The highest BCUT2D eigenvalue weighted by atomic mass is 32.1. The van der Waals surface area contributed by atoms with Crippen molar-refractivity contribution in [2.75, 3.05) is 42.6 Å². The summed E-state index contributed by atoms with van der Waals surface area (Å²) in [5.74, 6) is 0.948. The number of benzene rings is 3. The summed E-state index contributed by atoms with van der Waals surface area (Å²) in [6.07, 6.45) is 3.50. The SMILES string of the molecule is COc1cc(NC(=O)Nc2ccc(C(=O)Nc3ccc(C)c(Nc4nc(-c5cccnc5)cs4)c3)cc2)cc(OC)c1OC. The molecule has 0 unspecified atom stereocenters. The molecule has 0 aliphatic heterocycles. The Bertz CT molecular complexity index is 1750. The summed E-state index contributed by atoms with van der Waals surface area (Å²) in [6, 6.07) is 18.8. The van der Waals surface area contributed by atoms with Crippen LogP contribution >= 0.6 is 11.3 Å². The number of urea groups is 1. The molecule has 4 N–H and O–H groups in total. The van der Waals surface area contributed by atoms with Gasteiger partial charge in [0.25, 0.3) is 5.91 Å². The van der Waals surface area contributed by atoms with Crippen LogP contribution in [-0.4, -0.2) is 43.2 Å². The number of aryl methyl sites for hydroxylation is 1. The van der Waals surface area contributed by atoms with E-state index in [1.807, 2.05) is 42.6 Å². The van der Waals surface area contributed by atoms with Gasteiger partial charge in [0.15, 0.2) is 16.6 Å². The fourth-order valence-electron chi connectivity index (χ4n) is 4.28. The van der Waals surface area contributed by atoms with Crippen molar-refractivity contribution in [1.29, 1.82) is 0 Å². The lowest BCUT2D eigenvalue weighted by Gasteiger charge is -2.15. The Hall–Kier alpha value is -5.62. The average Bonchev–Trinajstić information content (AvgIpc) is 3.51. The molecule has 0 bridgehead atoms. The van der Waals surface area contributed by atoms with Crippen molar-refractivity contribution in [3.63, 3.8) is 0 Å². The molecule has 5 aromatic rings. The van der Waals surface area contributed by atoms with Gasteiger partial charge in [0.1, 0.15) is 0 Å². The summed E-state index contributed by atoms with van der Waals surface area (Å²) in [5.41, 5.74) is 5.61. The zero-order valence-electron chi connectivity index (χ0n) is 24.4. The van der Waals surface area contributed by atoms with E-state index in [0.717, 1.165) is 27.6 Å².